The molecule has 1 aromatic heterocycles. The van der Waals surface area contributed by atoms with Crippen molar-refractivity contribution in [2.45, 2.75) is 19.8 Å². The number of fused-ring (bicyclic) bond motifs is 1. The van der Waals surface area contributed by atoms with E-state index < -0.39 is 0 Å². The Kier molecular flexibility index (Phi) is 4.26. The Morgan fingerprint density at radius 1 is 1.28 bits per heavy atom. The smallest absolute Gasteiger partial charge is 0.286 e. The number of aryl methyl sites for hydroxylation is 1. The second-order valence-electron chi connectivity index (χ2n) is 4.22. The van der Waals surface area contributed by atoms with Crippen molar-refractivity contribution < 1.29 is 4.84 Å². The van der Waals surface area contributed by atoms with E-state index in [2.05, 4.69) is 0 Å². The van der Waals surface area contributed by atoms with Gasteiger partial charge in [0.1, 0.15) is 6.61 Å². The quantitative estimate of drug-likeness (QED) is 0.615. The number of alkyl halides is 1. The molecular weight excluding hydrogens is 250 g/mol. The van der Waals surface area contributed by atoms with E-state index in [-0.39, 0.29) is 5.56 Å². The summed E-state index contributed by atoms with van der Waals surface area (Å²) in [6, 6.07) is 9.59. The summed E-state index contributed by atoms with van der Waals surface area (Å²) in [4.78, 5) is 17.6. The maximum Gasteiger partial charge on any atom is 0.286 e. The van der Waals surface area contributed by atoms with Gasteiger partial charge in [0, 0.05) is 16.8 Å². The van der Waals surface area contributed by atoms with Crippen LogP contribution in [-0.4, -0.2) is 17.2 Å². The van der Waals surface area contributed by atoms with Crippen LogP contribution in [0.1, 0.15) is 18.4 Å². The van der Waals surface area contributed by atoms with Gasteiger partial charge in [0.2, 0.25) is 0 Å². The van der Waals surface area contributed by atoms with Crippen molar-refractivity contribution in [3.05, 3.63) is 46.2 Å². The van der Waals surface area contributed by atoms with Crippen molar-refractivity contribution in [1.29, 1.82) is 0 Å². The lowest BCUT2D eigenvalue weighted by Crippen LogP contribution is -2.29. The second kappa shape index (κ2) is 5.91. The summed E-state index contributed by atoms with van der Waals surface area (Å²) < 4.78 is 1.39. The third-order valence-corrected chi connectivity index (χ3v) is 3.06. The average Bonchev–Trinajstić information content (AvgIpc) is 2.38. The number of hydrogen-bond donors (Lipinski definition) is 0. The Morgan fingerprint density at radius 3 is 2.83 bits per heavy atom. The van der Waals surface area contributed by atoms with Gasteiger partial charge in [0.15, 0.2) is 0 Å². The van der Waals surface area contributed by atoms with E-state index in [4.69, 9.17) is 16.4 Å². The molecular formula is C14H16ClNO2. The summed E-state index contributed by atoms with van der Waals surface area (Å²) in [5, 5.41) is 1.01. The molecule has 0 aliphatic heterocycles. The summed E-state index contributed by atoms with van der Waals surface area (Å²) in [7, 11) is 0. The van der Waals surface area contributed by atoms with E-state index in [1.807, 2.05) is 30.3 Å². The topological polar surface area (TPSA) is 31.2 Å². The number of benzene rings is 1. The van der Waals surface area contributed by atoms with E-state index in [0.29, 0.717) is 18.1 Å². The van der Waals surface area contributed by atoms with Crippen LogP contribution in [0, 0.1) is 6.92 Å². The van der Waals surface area contributed by atoms with Gasteiger partial charge in [-0.25, -0.2) is 0 Å². The van der Waals surface area contributed by atoms with Gasteiger partial charge in [-0.15, -0.1) is 16.3 Å². The van der Waals surface area contributed by atoms with Gasteiger partial charge in [0.05, 0.1) is 5.52 Å². The molecule has 0 fully saturated rings. The molecule has 0 unspecified atom stereocenters. The molecule has 1 heterocycles. The fourth-order valence-electron chi connectivity index (χ4n) is 1.84. The Hall–Kier alpha value is -1.48. The molecule has 0 aliphatic carbocycles. The first-order valence-electron chi connectivity index (χ1n) is 6.04. The zero-order valence-electron chi connectivity index (χ0n) is 10.4. The first-order valence-corrected chi connectivity index (χ1v) is 6.58. The number of pyridine rings is 1. The predicted octanol–water partition coefficient (Wildman–Crippen LogP) is 2.76. The third kappa shape index (κ3) is 2.67. The van der Waals surface area contributed by atoms with Crippen molar-refractivity contribution in [1.82, 2.24) is 4.73 Å². The minimum atomic E-state index is -0.0976. The molecule has 4 heteroatoms. The van der Waals surface area contributed by atoms with Crippen LogP contribution in [0.2, 0.25) is 0 Å². The Morgan fingerprint density at radius 2 is 2.06 bits per heavy atom. The highest BCUT2D eigenvalue weighted by molar-refractivity contribution is 6.17. The molecule has 0 atom stereocenters. The van der Waals surface area contributed by atoms with Gasteiger partial charge in [-0.1, -0.05) is 18.2 Å². The van der Waals surface area contributed by atoms with Crippen LogP contribution in [0.4, 0.5) is 0 Å². The lowest BCUT2D eigenvalue weighted by molar-refractivity contribution is 0.109. The first kappa shape index (κ1) is 13.0. The normalized spacial score (nSPS) is 10.8. The number of unbranched alkanes of at least 4 members (excludes halogenated alkanes) is 1. The zero-order chi connectivity index (χ0) is 13.0. The van der Waals surface area contributed by atoms with Crippen molar-refractivity contribution in [2.75, 3.05) is 12.5 Å². The molecule has 0 radical (unpaired) electrons. The second-order valence-corrected chi connectivity index (χ2v) is 4.59. The highest BCUT2D eigenvalue weighted by Gasteiger charge is 2.06. The largest absolute Gasteiger partial charge is 0.410 e. The van der Waals surface area contributed by atoms with Gasteiger partial charge in [-0.3, -0.25) is 4.79 Å². The van der Waals surface area contributed by atoms with E-state index in [0.717, 1.165) is 23.7 Å². The van der Waals surface area contributed by atoms with Crippen molar-refractivity contribution in [2.24, 2.45) is 0 Å². The minimum Gasteiger partial charge on any atom is -0.410 e. The van der Waals surface area contributed by atoms with Gasteiger partial charge >= 0.3 is 0 Å². The van der Waals surface area contributed by atoms with E-state index >= 15 is 0 Å². The average molecular weight is 266 g/mol. The summed E-state index contributed by atoms with van der Waals surface area (Å²) >= 11 is 5.61. The zero-order valence-corrected chi connectivity index (χ0v) is 11.1. The van der Waals surface area contributed by atoms with Crippen molar-refractivity contribution in [3.8, 4) is 0 Å². The number of para-hydroxylation sites is 1. The third-order valence-electron chi connectivity index (χ3n) is 2.80. The summed E-state index contributed by atoms with van der Waals surface area (Å²) in [6.07, 6.45) is 1.73. The molecule has 0 amide bonds. The first-order chi connectivity index (χ1) is 8.74. The molecule has 2 rings (SSSR count). The van der Waals surface area contributed by atoms with Crippen molar-refractivity contribution in [3.63, 3.8) is 0 Å². The number of hydrogen-bond acceptors (Lipinski definition) is 2. The molecule has 1 aromatic carbocycles. The molecule has 0 saturated carbocycles. The van der Waals surface area contributed by atoms with Crippen LogP contribution in [0.3, 0.4) is 0 Å². The standard InChI is InChI=1S/C14H16ClNO2/c1-11-10-12-6-2-3-7-13(12)16(14(11)17)18-9-5-4-8-15/h2-3,6-7,10H,4-5,8-9H2,1H3. The number of halogens is 1. The monoisotopic (exact) mass is 265 g/mol. The molecule has 96 valence electrons. The van der Waals surface area contributed by atoms with Crippen LogP contribution < -0.4 is 10.4 Å². The molecule has 3 nitrogen and oxygen atoms in total. The molecule has 0 bridgehead atoms. The molecule has 0 aliphatic rings. The SMILES string of the molecule is Cc1cc2ccccc2n(OCCCCCl)c1=O. The Bertz CT molecular complexity index is 592. The molecule has 0 spiro atoms. The van der Waals surface area contributed by atoms with E-state index in [1.165, 1.54) is 4.73 Å². The highest BCUT2D eigenvalue weighted by atomic mass is 35.5. The number of rotatable bonds is 5. The van der Waals surface area contributed by atoms with E-state index in [9.17, 15) is 4.79 Å². The maximum atomic E-state index is 12.1. The van der Waals surface area contributed by atoms with Crippen LogP contribution in [0.5, 0.6) is 0 Å². The van der Waals surface area contributed by atoms with Crippen LogP contribution in [0.15, 0.2) is 35.1 Å². The fraction of sp³-hybridized carbons (Fsp3) is 0.357. The maximum absolute atomic E-state index is 12.1. The molecule has 0 N–H and O–H groups in total. The lowest BCUT2D eigenvalue weighted by atomic mass is 10.2. The molecule has 2 aromatic rings. The van der Waals surface area contributed by atoms with Crippen molar-refractivity contribution >= 4 is 22.5 Å². The van der Waals surface area contributed by atoms with Gasteiger partial charge in [-0.2, -0.15) is 0 Å². The van der Waals surface area contributed by atoms with Crippen LogP contribution in [-0.2, 0) is 0 Å². The van der Waals surface area contributed by atoms with Gasteiger partial charge < -0.3 is 4.84 Å². The summed E-state index contributed by atoms with van der Waals surface area (Å²) in [5.41, 5.74) is 1.39. The molecule has 0 saturated heterocycles. The van der Waals surface area contributed by atoms with E-state index in [1.54, 1.807) is 6.92 Å². The fourth-order valence-corrected chi connectivity index (χ4v) is 2.03. The Labute approximate surface area is 111 Å². The van der Waals surface area contributed by atoms with Gasteiger partial charge in [-0.05, 0) is 31.9 Å². The summed E-state index contributed by atoms with van der Waals surface area (Å²) in [6.45, 7) is 2.30. The van der Waals surface area contributed by atoms with Crippen LogP contribution in [0.25, 0.3) is 10.9 Å². The predicted molar refractivity (Wildman–Crippen MR) is 74.3 cm³/mol. The minimum absolute atomic E-state index is 0.0976. The summed E-state index contributed by atoms with van der Waals surface area (Å²) in [5.74, 6) is 0.618. The lowest BCUT2D eigenvalue weighted by Gasteiger charge is -2.12. The molecule has 18 heavy (non-hydrogen) atoms. The van der Waals surface area contributed by atoms with Gasteiger partial charge in [0.25, 0.3) is 5.56 Å². The number of aromatic nitrogens is 1. The number of nitrogens with zero attached hydrogens (tertiary/aromatic N) is 1. The Balaban J connectivity index is 2.35. The highest BCUT2D eigenvalue weighted by Crippen LogP contribution is 2.12. The van der Waals surface area contributed by atoms with Crippen LogP contribution >= 0.6 is 11.6 Å².